The van der Waals surface area contributed by atoms with Crippen LogP contribution in [0.3, 0.4) is 0 Å². The van der Waals surface area contributed by atoms with E-state index in [-0.39, 0.29) is 17.6 Å². The lowest BCUT2D eigenvalue weighted by molar-refractivity contribution is -0.615. The van der Waals surface area contributed by atoms with Crippen LogP contribution in [0.1, 0.15) is 16.8 Å². The van der Waals surface area contributed by atoms with Gasteiger partial charge in [0, 0.05) is 0 Å². The van der Waals surface area contributed by atoms with Gasteiger partial charge in [-0.15, -0.1) is 5.10 Å². The van der Waals surface area contributed by atoms with Gasteiger partial charge in [0.1, 0.15) is 12.3 Å². The first kappa shape index (κ1) is 15.2. The quantitative estimate of drug-likeness (QED) is 0.426. The van der Waals surface area contributed by atoms with Gasteiger partial charge >= 0.3 is 0 Å². The molecule has 0 fully saturated rings. The van der Waals surface area contributed by atoms with E-state index in [2.05, 4.69) is 20.3 Å². The van der Waals surface area contributed by atoms with Gasteiger partial charge in [-0.3, -0.25) is 0 Å². The van der Waals surface area contributed by atoms with E-state index in [9.17, 15) is 5.21 Å². The number of halogens is 1. The second-order valence-corrected chi connectivity index (χ2v) is 5.39. The van der Waals surface area contributed by atoms with E-state index in [1.807, 2.05) is 13.8 Å². The fourth-order valence-corrected chi connectivity index (χ4v) is 2.70. The van der Waals surface area contributed by atoms with Gasteiger partial charge in [-0.25, -0.2) is 4.68 Å². The van der Waals surface area contributed by atoms with Crippen LogP contribution in [0.2, 0.25) is 5.15 Å². The average Bonchev–Trinajstić information content (AvgIpc) is 2.87. The predicted molar refractivity (Wildman–Crippen MR) is 83.1 cm³/mol. The molecule has 3 heterocycles. The van der Waals surface area contributed by atoms with Crippen molar-refractivity contribution >= 4 is 28.7 Å². The zero-order chi connectivity index (χ0) is 16.7. The molecular formula is C13H14ClN7O2. The molecule has 0 amide bonds. The van der Waals surface area contributed by atoms with Gasteiger partial charge < -0.3 is 15.7 Å². The number of pyridine rings is 1. The van der Waals surface area contributed by atoms with Gasteiger partial charge in [-0.05, 0) is 13.8 Å². The highest BCUT2D eigenvalue weighted by Gasteiger charge is 2.21. The molecule has 0 saturated carbocycles. The van der Waals surface area contributed by atoms with Crippen LogP contribution < -0.4 is 15.2 Å². The van der Waals surface area contributed by atoms with Crippen molar-refractivity contribution in [3.05, 3.63) is 33.4 Å². The van der Waals surface area contributed by atoms with E-state index in [4.69, 9.17) is 22.1 Å². The van der Waals surface area contributed by atoms with Crippen molar-refractivity contribution in [1.82, 2.24) is 25.0 Å². The zero-order valence-electron chi connectivity index (χ0n) is 12.7. The SMILES string of the molecule is COc1c(C)c[n+]([O-])c(Cn2nnc3c(Cl)nc(N)nc32)c1C. The highest BCUT2D eigenvalue weighted by molar-refractivity contribution is 6.33. The van der Waals surface area contributed by atoms with Gasteiger partial charge in [0.15, 0.2) is 22.5 Å². The Kier molecular flexibility index (Phi) is 3.64. The van der Waals surface area contributed by atoms with Crippen molar-refractivity contribution in [2.45, 2.75) is 20.4 Å². The number of aromatic nitrogens is 6. The number of aryl methyl sites for hydroxylation is 1. The number of methoxy groups -OCH3 is 1. The fraction of sp³-hybridized carbons (Fsp3) is 0.308. The molecule has 0 unspecified atom stereocenters. The number of nitrogens with two attached hydrogens (primary N) is 1. The topological polar surface area (TPSA) is 119 Å². The molecule has 0 bridgehead atoms. The molecule has 0 aliphatic rings. The van der Waals surface area contributed by atoms with Gasteiger partial charge in [-0.1, -0.05) is 16.8 Å². The number of nitrogens with zero attached hydrogens (tertiary/aromatic N) is 6. The molecule has 0 aliphatic heterocycles. The minimum absolute atomic E-state index is 0.0132. The van der Waals surface area contributed by atoms with E-state index < -0.39 is 0 Å². The van der Waals surface area contributed by atoms with Crippen molar-refractivity contribution in [1.29, 1.82) is 0 Å². The number of anilines is 1. The van der Waals surface area contributed by atoms with Crippen LogP contribution in [0.5, 0.6) is 5.75 Å². The maximum Gasteiger partial charge on any atom is 0.223 e. The lowest BCUT2D eigenvalue weighted by Crippen LogP contribution is -2.35. The smallest absolute Gasteiger partial charge is 0.223 e. The van der Waals surface area contributed by atoms with Gasteiger partial charge in [0.2, 0.25) is 11.6 Å². The second kappa shape index (κ2) is 5.51. The standard InChI is InChI=1S/C13H14ClN7O2/c1-6-4-21(22)8(7(2)10(6)23-3)5-20-12-9(18-19-20)11(14)16-13(15)17-12/h4H,5H2,1-3H3,(H2,15,16,17). The molecule has 2 N–H and O–H groups in total. The van der Waals surface area contributed by atoms with E-state index in [0.29, 0.717) is 22.6 Å². The maximum absolute atomic E-state index is 12.2. The molecule has 10 heteroatoms. The lowest BCUT2D eigenvalue weighted by atomic mass is 10.1. The summed E-state index contributed by atoms with van der Waals surface area (Å²) in [5, 5.41) is 20.3. The zero-order valence-corrected chi connectivity index (χ0v) is 13.5. The van der Waals surface area contributed by atoms with E-state index >= 15 is 0 Å². The number of rotatable bonds is 3. The van der Waals surface area contributed by atoms with Gasteiger partial charge in [0.25, 0.3) is 0 Å². The fourth-order valence-electron chi connectivity index (χ4n) is 2.49. The molecule has 3 rings (SSSR count). The van der Waals surface area contributed by atoms with Crippen LogP contribution in [-0.4, -0.2) is 32.1 Å². The minimum atomic E-state index is 0.0132. The van der Waals surface area contributed by atoms with Crippen molar-refractivity contribution in [3.63, 3.8) is 0 Å². The third-order valence-corrected chi connectivity index (χ3v) is 3.81. The summed E-state index contributed by atoms with van der Waals surface area (Å²) >= 11 is 5.98. The Hall–Kier alpha value is -2.68. The number of fused-ring (bicyclic) bond motifs is 1. The molecule has 0 aliphatic carbocycles. The summed E-state index contributed by atoms with van der Waals surface area (Å²) in [5.74, 6) is 0.669. The van der Waals surface area contributed by atoms with Crippen LogP contribution >= 0.6 is 11.6 Å². The summed E-state index contributed by atoms with van der Waals surface area (Å²) in [5.41, 5.74) is 8.24. The number of hydrogen-bond acceptors (Lipinski definition) is 7. The summed E-state index contributed by atoms with van der Waals surface area (Å²) in [6.07, 6.45) is 1.45. The summed E-state index contributed by atoms with van der Waals surface area (Å²) < 4.78 is 7.59. The Bertz CT molecular complexity index is 909. The third-order valence-electron chi connectivity index (χ3n) is 3.55. The van der Waals surface area contributed by atoms with Crippen molar-refractivity contribution in [3.8, 4) is 5.75 Å². The van der Waals surface area contributed by atoms with Gasteiger partial charge in [-0.2, -0.15) is 14.7 Å². The van der Waals surface area contributed by atoms with E-state index in [0.717, 1.165) is 15.9 Å². The van der Waals surface area contributed by atoms with Crippen LogP contribution in [-0.2, 0) is 6.54 Å². The maximum atomic E-state index is 12.2. The normalized spacial score (nSPS) is 11.1. The molecule has 3 aromatic heterocycles. The monoisotopic (exact) mass is 335 g/mol. The van der Waals surface area contributed by atoms with Gasteiger partial charge in [0.05, 0.1) is 18.2 Å². The minimum Gasteiger partial charge on any atom is -0.618 e. The summed E-state index contributed by atoms with van der Waals surface area (Å²) in [4.78, 5) is 7.92. The Balaban J connectivity index is 2.13. The van der Waals surface area contributed by atoms with Crippen LogP contribution in [0.25, 0.3) is 11.2 Å². The van der Waals surface area contributed by atoms with E-state index in [1.54, 1.807) is 7.11 Å². The largest absolute Gasteiger partial charge is 0.618 e. The van der Waals surface area contributed by atoms with Crippen LogP contribution in [0.4, 0.5) is 5.95 Å². The Morgan fingerprint density at radius 3 is 2.83 bits per heavy atom. The second-order valence-electron chi connectivity index (χ2n) is 5.03. The molecule has 0 radical (unpaired) electrons. The summed E-state index contributed by atoms with van der Waals surface area (Å²) in [6.45, 7) is 3.77. The van der Waals surface area contributed by atoms with Crippen molar-refractivity contribution in [2.75, 3.05) is 12.8 Å². The van der Waals surface area contributed by atoms with Crippen LogP contribution in [0.15, 0.2) is 6.20 Å². The molecule has 0 saturated heterocycles. The average molecular weight is 336 g/mol. The Morgan fingerprint density at radius 1 is 1.39 bits per heavy atom. The summed E-state index contributed by atoms with van der Waals surface area (Å²) in [7, 11) is 1.56. The third kappa shape index (κ3) is 2.48. The molecular weight excluding hydrogens is 322 g/mol. The van der Waals surface area contributed by atoms with Crippen LogP contribution in [0, 0.1) is 19.1 Å². The molecule has 9 nitrogen and oxygen atoms in total. The molecule has 0 atom stereocenters. The van der Waals surface area contributed by atoms with Crippen molar-refractivity contribution < 1.29 is 9.47 Å². The predicted octanol–water partition coefficient (Wildman–Crippen LogP) is 0.764. The Labute approximate surface area is 136 Å². The molecule has 0 aromatic carbocycles. The molecule has 120 valence electrons. The highest BCUT2D eigenvalue weighted by Crippen LogP contribution is 2.24. The first-order valence-corrected chi connectivity index (χ1v) is 7.08. The molecule has 3 aromatic rings. The molecule has 23 heavy (non-hydrogen) atoms. The highest BCUT2D eigenvalue weighted by atomic mass is 35.5. The first-order valence-electron chi connectivity index (χ1n) is 6.70. The molecule has 0 spiro atoms. The summed E-state index contributed by atoms with van der Waals surface area (Å²) in [6, 6.07) is 0. The first-order chi connectivity index (χ1) is 10.9. The lowest BCUT2D eigenvalue weighted by Gasteiger charge is -2.13. The number of nitrogen functional groups attached to an aromatic ring is 1. The number of hydrogen-bond donors (Lipinski definition) is 1. The van der Waals surface area contributed by atoms with Crippen molar-refractivity contribution in [2.24, 2.45) is 0 Å². The van der Waals surface area contributed by atoms with E-state index in [1.165, 1.54) is 10.9 Å². The Morgan fingerprint density at radius 2 is 2.13 bits per heavy atom. The number of ether oxygens (including phenoxy) is 1.